The molecular formula is C19H22Cl2N2O3S. The zero-order valence-corrected chi connectivity index (χ0v) is 17.7. The molecule has 0 saturated heterocycles. The Morgan fingerprint density at radius 1 is 1.07 bits per heavy atom. The molecule has 27 heavy (non-hydrogen) atoms. The van der Waals surface area contributed by atoms with Crippen molar-refractivity contribution >= 4 is 44.8 Å². The SMILES string of the molecule is CC[C@@H](C(=O)N(C)Cc1ccccc1)N(c1cc(Cl)cc(Cl)c1)S(C)(=O)=O. The van der Waals surface area contributed by atoms with Gasteiger partial charge in [0.15, 0.2) is 0 Å². The predicted octanol–water partition coefficient (Wildman–Crippen LogP) is 4.20. The molecule has 1 atom stereocenters. The summed E-state index contributed by atoms with van der Waals surface area (Å²) in [5.41, 5.74) is 1.23. The Balaban J connectivity index is 2.38. The molecule has 0 fully saturated rings. The number of halogens is 2. The van der Waals surface area contributed by atoms with Gasteiger partial charge in [-0.3, -0.25) is 9.10 Å². The first-order chi connectivity index (χ1) is 12.6. The molecule has 0 heterocycles. The van der Waals surface area contributed by atoms with Crippen LogP contribution in [0.1, 0.15) is 18.9 Å². The van der Waals surface area contributed by atoms with Crippen LogP contribution < -0.4 is 4.31 Å². The molecule has 5 nitrogen and oxygen atoms in total. The van der Waals surface area contributed by atoms with Crippen LogP contribution in [0.15, 0.2) is 48.5 Å². The molecule has 1 amide bonds. The molecule has 0 bridgehead atoms. The molecule has 0 radical (unpaired) electrons. The smallest absolute Gasteiger partial charge is 0.246 e. The molecule has 0 aliphatic carbocycles. The summed E-state index contributed by atoms with van der Waals surface area (Å²) in [5.74, 6) is -0.303. The van der Waals surface area contributed by atoms with Gasteiger partial charge in [-0.15, -0.1) is 0 Å². The van der Waals surface area contributed by atoms with Gasteiger partial charge in [-0.2, -0.15) is 0 Å². The average Bonchev–Trinajstić information content (AvgIpc) is 2.57. The Morgan fingerprint density at radius 3 is 2.11 bits per heavy atom. The van der Waals surface area contributed by atoms with Crippen LogP contribution in [0, 0.1) is 0 Å². The summed E-state index contributed by atoms with van der Waals surface area (Å²) >= 11 is 12.1. The van der Waals surface area contributed by atoms with E-state index in [2.05, 4.69) is 0 Å². The second kappa shape index (κ2) is 8.95. The summed E-state index contributed by atoms with van der Waals surface area (Å²) in [6.07, 6.45) is 1.37. The number of rotatable bonds is 7. The van der Waals surface area contributed by atoms with E-state index in [1.165, 1.54) is 23.1 Å². The molecule has 2 aromatic carbocycles. The van der Waals surface area contributed by atoms with Crippen molar-refractivity contribution in [3.05, 3.63) is 64.1 Å². The number of anilines is 1. The predicted molar refractivity (Wildman–Crippen MR) is 111 cm³/mol. The van der Waals surface area contributed by atoms with Crippen LogP contribution in [0.25, 0.3) is 0 Å². The highest BCUT2D eigenvalue weighted by Gasteiger charge is 2.33. The van der Waals surface area contributed by atoms with E-state index in [4.69, 9.17) is 23.2 Å². The summed E-state index contributed by atoms with van der Waals surface area (Å²) in [6.45, 7) is 2.15. The van der Waals surface area contributed by atoms with E-state index in [0.29, 0.717) is 23.0 Å². The zero-order chi connectivity index (χ0) is 20.2. The number of benzene rings is 2. The number of likely N-dealkylation sites (N-methyl/N-ethyl adjacent to an activating group) is 1. The molecule has 2 aromatic rings. The van der Waals surface area contributed by atoms with Gasteiger partial charge < -0.3 is 4.90 Å². The van der Waals surface area contributed by atoms with Crippen molar-refractivity contribution in [2.75, 3.05) is 17.6 Å². The molecular weight excluding hydrogens is 407 g/mol. The van der Waals surface area contributed by atoms with Gasteiger partial charge in [0.2, 0.25) is 15.9 Å². The lowest BCUT2D eigenvalue weighted by molar-refractivity contribution is -0.131. The van der Waals surface area contributed by atoms with Crippen LogP contribution in [0.3, 0.4) is 0 Å². The van der Waals surface area contributed by atoms with Gasteiger partial charge in [0.1, 0.15) is 6.04 Å². The first kappa shape index (κ1) is 21.5. The highest BCUT2D eigenvalue weighted by molar-refractivity contribution is 7.92. The molecule has 0 saturated carbocycles. The fraction of sp³-hybridized carbons (Fsp3) is 0.316. The zero-order valence-electron chi connectivity index (χ0n) is 15.4. The summed E-state index contributed by atoms with van der Waals surface area (Å²) in [5, 5.41) is 0.595. The Kier molecular flexibility index (Phi) is 7.14. The van der Waals surface area contributed by atoms with Crippen LogP contribution in [0.2, 0.25) is 10.0 Å². The monoisotopic (exact) mass is 428 g/mol. The van der Waals surface area contributed by atoms with E-state index in [1.54, 1.807) is 14.0 Å². The van der Waals surface area contributed by atoms with Gasteiger partial charge in [0, 0.05) is 23.6 Å². The molecule has 0 N–H and O–H groups in total. The highest BCUT2D eigenvalue weighted by Crippen LogP contribution is 2.30. The van der Waals surface area contributed by atoms with Gasteiger partial charge in [0.05, 0.1) is 11.9 Å². The molecule has 146 valence electrons. The van der Waals surface area contributed by atoms with E-state index in [-0.39, 0.29) is 11.6 Å². The average molecular weight is 429 g/mol. The van der Waals surface area contributed by atoms with Gasteiger partial charge >= 0.3 is 0 Å². The van der Waals surface area contributed by atoms with Crippen LogP contribution in [-0.4, -0.2) is 38.6 Å². The minimum absolute atomic E-state index is 0.267. The first-order valence-electron chi connectivity index (χ1n) is 8.38. The van der Waals surface area contributed by atoms with E-state index >= 15 is 0 Å². The van der Waals surface area contributed by atoms with Crippen LogP contribution in [0.5, 0.6) is 0 Å². The lowest BCUT2D eigenvalue weighted by Crippen LogP contribution is -2.49. The van der Waals surface area contributed by atoms with Crippen LogP contribution in [0.4, 0.5) is 5.69 Å². The second-order valence-corrected chi connectivity index (χ2v) is 9.02. The highest BCUT2D eigenvalue weighted by atomic mass is 35.5. The molecule has 0 aliphatic rings. The first-order valence-corrected chi connectivity index (χ1v) is 11.0. The quantitative estimate of drug-likeness (QED) is 0.663. The Hall–Kier alpha value is -1.76. The van der Waals surface area contributed by atoms with E-state index < -0.39 is 16.1 Å². The normalized spacial score (nSPS) is 12.5. The number of sulfonamides is 1. The Bertz CT molecular complexity index is 884. The van der Waals surface area contributed by atoms with Crippen LogP contribution in [-0.2, 0) is 21.4 Å². The van der Waals surface area contributed by atoms with Crippen molar-refractivity contribution in [2.24, 2.45) is 0 Å². The summed E-state index contributed by atoms with van der Waals surface area (Å²) in [7, 11) is -2.09. The fourth-order valence-corrected chi connectivity index (χ4v) is 4.60. The Morgan fingerprint density at radius 2 is 1.63 bits per heavy atom. The van der Waals surface area contributed by atoms with Crippen molar-refractivity contribution < 1.29 is 13.2 Å². The summed E-state index contributed by atoms with van der Waals surface area (Å²) in [4.78, 5) is 14.6. The largest absolute Gasteiger partial charge is 0.340 e. The summed E-state index contributed by atoms with van der Waals surface area (Å²) < 4.78 is 26.1. The van der Waals surface area contributed by atoms with Gasteiger partial charge in [-0.05, 0) is 30.2 Å². The molecule has 8 heteroatoms. The number of nitrogens with zero attached hydrogens (tertiary/aromatic N) is 2. The van der Waals surface area contributed by atoms with Crippen molar-refractivity contribution in [1.82, 2.24) is 4.90 Å². The minimum Gasteiger partial charge on any atom is -0.340 e. The second-order valence-electron chi connectivity index (χ2n) is 6.29. The third kappa shape index (κ3) is 5.61. The van der Waals surface area contributed by atoms with E-state index in [1.807, 2.05) is 30.3 Å². The molecule has 0 aromatic heterocycles. The van der Waals surface area contributed by atoms with Crippen molar-refractivity contribution in [1.29, 1.82) is 0 Å². The van der Waals surface area contributed by atoms with Gasteiger partial charge in [-0.25, -0.2) is 8.42 Å². The minimum atomic E-state index is -3.75. The third-order valence-electron chi connectivity index (χ3n) is 4.05. The van der Waals surface area contributed by atoms with Gasteiger partial charge in [0.25, 0.3) is 0 Å². The van der Waals surface area contributed by atoms with Gasteiger partial charge in [-0.1, -0.05) is 60.5 Å². The molecule has 0 aliphatic heterocycles. The molecule has 2 rings (SSSR count). The number of carbonyl (C=O) groups is 1. The maximum Gasteiger partial charge on any atom is 0.246 e. The van der Waals surface area contributed by atoms with Crippen molar-refractivity contribution in [2.45, 2.75) is 25.9 Å². The number of carbonyl (C=O) groups excluding carboxylic acids is 1. The standard InChI is InChI=1S/C19H22Cl2N2O3S/c1-4-18(19(24)22(2)13-14-8-6-5-7-9-14)23(27(3,25)26)17-11-15(20)10-16(21)12-17/h5-12,18H,4,13H2,1-3H3/t18-/m0/s1. The number of hydrogen-bond acceptors (Lipinski definition) is 3. The molecule has 0 spiro atoms. The van der Waals surface area contributed by atoms with Crippen LogP contribution >= 0.6 is 23.2 Å². The maximum atomic E-state index is 13.1. The Labute approximate surface area is 170 Å². The van der Waals surface area contributed by atoms with E-state index in [0.717, 1.165) is 16.1 Å². The molecule has 0 unspecified atom stereocenters. The lowest BCUT2D eigenvalue weighted by atomic mass is 10.1. The van der Waals surface area contributed by atoms with Crippen molar-refractivity contribution in [3.8, 4) is 0 Å². The maximum absolute atomic E-state index is 13.1. The van der Waals surface area contributed by atoms with Crippen molar-refractivity contribution in [3.63, 3.8) is 0 Å². The lowest BCUT2D eigenvalue weighted by Gasteiger charge is -2.33. The number of amides is 1. The number of hydrogen-bond donors (Lipinski definition) is 0. The summed E-state index contributed by atoms with van der Waals surface area (Å²) in [6, 6.07) is 13.1. The van der Waals surface area contributed by atoms with E-state index in [9.17, 15) is 13.2 Å². The topological polar surface area (TPSA) is 57.7 Å². The fourth-order valence-electron chi connectivity index (χ4n) is 2.90. The third-order valence-corrected chi connectivity index (χ3v) is 5.67.